The summed E-state index contributed by atoms with van der Waals surface area (Å²) in [7, 11) is 2.95. The molecule has 0 saturated carbocycles. The topological polar surface area (TPSA) is 35.5 Å². The summed E-state index contributed by atoms with van der Waals surface area (Å²) in [5, 5.41) is 0. The van der Waals surface area contributed by atoms with E-state index in [4.69, 9.17) is 4.74 Å². The molecule has 0 aliphatic heterocycles. The summed E-state index contributed by atoms with van der Waals surface area (Å²) in [6.07, 6.45) is 0. The van der Waals surface area contributed by atoms with Crippen molar-refractivity contribution in [2.75, 3.05) is 14.2 Å². The van der Waals surface area contributed by atoms with Crippen molar-refractivity contribution in [2.24, 2.45) is 0 Å². The highest BCUT2D eigenvalue weighted by Gasteiger charge is 2.13. The van der Waals surface area contributed by atoms with Crippen molar-refractivity contribution in [1.82, 2.24) is 0 Å². The van der Waals surface area contributed by atoms with Crippen LogP contribution in [0.3, 0.4) is 0 Å². The van der Waals surface area contributed by atoms with E-state index in [-0.39, 0.29) is 5.97 Å². The molecule has 1 aromatic rings. The number of carbonyl (C=O) groups is 1. The average molecular weight is 306 g/mol. The highest BCUT2D eigenvalue weighted by atomic mass is 127. The molecule has 0 aliphatic carbocycles. The van der Waals surface area contributed by atoms with E-state index in [1.807, 2.05) is 13.0 Å². The Morgan fingerprint density at radius 2 is 2.00 bits per heavy atom. The number of carbonyl (C=O) groups excluding carboxylic acids is 1. The van der Waals surface area contributed by atoms with Gasteiger partial charge in [0, 0.05) is 9.13 Å². The van der Waals surface area contributed by atoms with E-state index in [1.165, 1.54) is 7.11 Å². The minimum absolute atomic E-state index is 0.334. The van der Waals surface area contributed by atoms with Gasteiger partial charge in [0.15, 0.2) is 0 Å². The number of esters is 1. The number of ether oxygens (including phenoxy) is 2. The molecule has 0 atom stereocenters. The molecule has 0 aromatic heterocycles. The summed E-state index contributed by atoms with van der Waals surface area (Å²) in [6.45, 7) is 1.83. The van der Waals surface area contributed by atoms with E-state index < -0.39 is 0 Å². The third-order valence-electron chi connectivity index (χ3n) is 1.95. The maximum absolute atomic E-state index is 11.4. The molecule has 0 unspecified atom stereocenters. The van der Waals surface area contributed by atoms with E-state index in [9.17, 15) is 4.79 Å². The quantitative estimate of drug-likeness (QED) is 0.622. The molecule has 0 N–H and O–H groups in total. The minimum atomic E-state index is -0.334. The lowest BCUT2D eigenvalue weighted by Gasteiger charge is -2.09. The average Bonchev–Trinajstić information content (AvgIpc) is 2.19. The molecule has 0 aliphatic rings. The van der Waals surface area contributed by atoms with E-state index >= 15 is 0 Å². The number of benzene rings is 1. The number of methoxy groups -OCH3 is 2. The molecule has 0 saturated heterocycles. The summed E-state index contributed by atoms with van der Waals surface area (Å²) in [5.41, 5.74) is 1.36. The van der Waals surface area contributed by atoms with Crippen molar-refractivity contribution in [2.45, 2.75) is 6.92 Å². The molecule has 76 valence electrons. The van der Waals surface area contributed by atoms with Crippen LogP contribution in [0.1, 0.15) is 15.9 Å². The molecular weight excluding hydrogens is 295 g/mol. The zero-order chi connectivity index (χ0) is 10.7. The summed E-state index contributed by atoms with van der Waals surface area (Å²) in [6, 6.07) is 3.66. The van der Waals surface area contributed by atoms with Gasteiger partial charge in [-0.05, 0) is 41.6 Å². The second kappa shape index (κ2) is 4.63. The standard InChI is InChI=1S/C10H11IO3/c1-6-8(10(12)14-3)4-7(11)5-9(6)13-2/h4-5H,1-3H3. The molecule has 0 radical (unpaired) electrons. The molecule has 3 nitrogen and oxygen atoms in total. The Morgan fingerprint density at radius 1 is 1.36 bits per heavy atom. The second-order valence-corrected chi connectivity index (χ2v) is 4.02. The Kier molecular flexibility index (Phi) is 3.74. The van der Waals surface area contributed by atoms with Gasteiger partial charge in [-0.3, -0.25) is 0 Å². The molecule has 0 bridgehead atoms. The third kappa shape index (κ3) is 2.17. The number of hydrogen-bond donors (Lipinski definition) is 0. The van der Waals surface area contributed by atoms with Gasteiger partial charge < -0.3 is 9.47 Å². The molecule has 1 rings (SSSR count). The van der Waals surface area contributed by atoms with Crippen LogP contribution in [0.5, 0.6) is 5.75 Å². The van der Waals surface area contributed by atoms with Crippen LogP contribution in [0.15, 0.2) is 12.1 Å². The molecule has 14 heavy (non-hydrogen) atoms. The van der Waals surface area contributed by atoms with E-state index in [0.717, 1.165) is 9.13 Å². The predicted octanol–water partition coefficient (Wildman–Crippen LogP) is 2.39. The first kappa shape index (κ1) is 11.3. The summed E-state index contributed by atoms with van der Waals surface area (Å²) >= 11 is 2.13. The third-order valence-corrected chi connectivity index (χ3v) is 2.57. The Balaban J connectivity index is 3.29. The van der Waals surface area contributed by atoms with Gasteiger partial charge in [-0.15, -0.1) is 0 Å². The molecule has 1 aromatic carbocycles. The molecule has 4 heteroatoms. The lowest BCUT2D eigenvalue weighted by molar-refractivity contribution is 0.0599. The van der Waals surface area contributed by atoms with Gasteiger partial charge in [-0.1, -0.05) is 0 Å². The smallest absolute Gasteiger partial charge is 0.338 e. The van der Waals surface area contributed by atoms with Gasteiger partial charge in [-0.2, -0.15) is 0 Å². The normalized spacial score (nSPS) is 9.71. The fourth-order valence-electron chi connectivity index (χ4n) is 1.19. The van der Waals surface area contributed by atoms with Crippen molar-refractivity contribution in [3.05, 3.63) is 26.8 Å². The van der Waals surface area contributed by atoms with Crippen LogP contribution in [0.25, 0.3) is 0 Å². The van der Waals surface area contributed by atoms with Crippen LogP contribution in [0.2, 0.25) is 0 Å². The van der Waals surface area contributed by atoms with Gasteiger partial charge >= 0.3 is 5.97 Å². The fourth-order valence-corrected chi connectivity index (χ4v) is 1.78. The van der Waals surface area contributed by atoms with Crippen molar-refractivity contribution < 1.29 is 14.3 Å². The Labute approximate surface area is 96.5 Å². The number of rotatable bonds is 2. The SMILES string of the molecule is COC(=O)c1cc(I)cc(OC)c1C. The molecule has 0 spiro atoms. The Bertz CT molecular complexity index is 361. The fraction of sp³-hybridized carbons (Fsp3) is 0.300. The van der Waals surface area contributed by atoms with Crippen molar-refractivity contribution in [1.29, 1.82) is 0 Å². The summed E-state index contributed by atoms with van der Waals surface area (Å²) in [4.78, 5) is 11.4. The van der Waals surface area contributed by atoms with Crippen LogP contribution in [-0.4, -0.2) is 20.2 Å². The van der Waals surface area contributed by atoms with E-state index in [1.54, 1.807) is 13.2 Å². The van der Waals surface area contributed by atoms with Gasteiger partial charge in [-0.25, -0.2) is 4.79 Å². The zero-order valence-electron chi connectivity index (χ0n) is 8.26. The Hall–Kier alpha value is -0.780. The van der Waals surface area contributed by atoms with Gasteiger partial charge in [0.2, 0.25) is 0 Å². The van der Waals surface area contributed by atoms with Crippen LogP contribution in [-0.2, 0) is 4.74 Å². The number of halogens is 1. The van der Waals surface area contributed by atoms with Crippen molar-refractivity contribution >= 4 is 28.6 Å². The first-order valence-corrected chi connectivity index (χ1v) is 5.10. The summed E-state index contributed by atoms with van der Waals surface area (Å²) in [5.74, 6) is 0.372. The predicted molar refractivity (Wildman–Crippen MR) is 61.8 cm³/mol. The maximum Gasteiger partial charge on any atom is 0.338 e. The first-order chi connectivity index (χ1) is 6.60. The van der Waals surface area contributed by atoms with Gasteiger partial charge in [0.05, 0.1) is 19.8 Å². The van der Waals surface area contributed by atoms with Crippen LogP contribution >= 0.6 is 22.6 Å². The first-order valence-electron chi connectivity index (χ1n) is 4.02. The second-order valence-electron chi connectivity index (χ2n) is 2.77. The molecule has 0 amide bonds. The lowest BCUT2D eigenvalue weighted by Crippen LogP contribution is -2.05. The van der Waals surface area contributed by atoms with Crippen LogP contribution in [0, 0.1) is 10.5 Å². The van der Waals surface area contributed by atoms with E-state index in [0.29, 0.717) is 11.3 Å². The lowest BCUT2D eigenvalue weighted by atomic mass is 10.1. The minimum Gasteiger partial charge on any atom is -0.496 e. The number of hydrogen-bond acceptors (Lipinski definition) is 3. The highest BCUT2D eigenvalue weighted by molar-refractivity contribution is 14.1. The zero-order valence-corrected chi connectivity index (χ0v) is 10.4. The van der Waals surface area contributed by atoms with Crippen LogP contribution in [0.4, 0.5) is 0 Å². The van der Waals surface area contributed by atoms with Gasteiger partial charge in [0.1, 0.15) is 5.75 Å². The van der Waals surface area contributed by atoms with Gasteiger partial charge in [0.25, 0.3) is 0 Å². The van der Waals surface area contributed by atoms with E-state index in [2.05, 4.69) is 27.3 Å². The Morgan fingerprint density at radius 3 is 2.50 bits per heavy atom. The maximum atomic E-state index is 11.4. The largest absolute Gasteiger partial charge is 0.496 e. The van der Waals surface area contributed by atoms with Crippen molar-refractivity contribution in [3.63, 3.8) is 0 Å². The molecule has 0 heterocycles. The molecular formula is C10H11IO3. The van der Waals surface area contributed by atoms with Crippen molar-refractivity contribution in [3.8, 4) is 5.75 Å². The van der Waals surface area contributed by atoms with Crippen LogP contribution < -0.4 is 4.74 Å². The summed E-state index contributed by atoms with van der Waals surface area (Å²) < 4.78 is 10.8. The monoisotopic (exact) mass is 306 g/mol. The molecule has 0 fully saturated rings. The highest BCUT2D eigenvalue weighted by Crippen LogP contribution is 2.25.